The van der Waals surface area contributed by atoms with Crippen molar-refractivity contribution in [2.45, 2.75) is 13.0 Å². The Morgan fingerprint density at radius 1 is 1.67 bits per heavy atom. The Balaban J connectivity index is 3.38. The summed E-state index contributed by atoms with van der Waals surface area (Å²) >= 11 is 1.65. The summed E-state index contributed by atoms with van der Waals surface area (Å²) in [6.45, 7) is -0.122. The quantitative estimate of drug-likeness (QED) is 0.398. The molecule has 1 rings (SSSR count). The summed E-state index contributed by atoms with van der Waals surface area (Å²) in [6.07, 6.45) is -2.79. The minimum atomic E-state index is -2.79. The van der Waals surface area contributed by atoms with E-state index in [1.807, 2.05) is 0 Å². The molecular weight excluding hydrogens is 323 g/mol. The zero-order valence-electron chi connectivity index (χ0n) is 7.28. The van der Waals surface area contributed by atoms with Gasteiger partial charge in [-0.3, -0.25) is 0 Å². The Hall–Kier alpha value is -0.900. The number of nitro groups is 1. The molecule has 0 saturated heterocycles. The largest absolute Gasteiger partial charge is 0.365 e. The maximum Gasteiger partial charge on any atom is 0.365 e. The summed E-state index contributed by atoms with van der Waals surface area (Å²) in [6, 6.07) is 0.759. The standard InChI is InChI=1S/C7H6F2IN3O2/c8-6(9)3-1-5(13(14)15)12-7(10)4(3)2-11/h1,6H,2,11H2. The van der Waals surface area contributed by atoms with Crippen LogP contribution < -0.4 is 5.73 Å². The molecule has 1 heterocycles. The number of alkyl halides is 2. The highest BCUT2D eigenvalue weighted by Crippen LogP contribution is 2.28. The van der Waals surface area contributed by atoms with Gasteiger partial charge in [0.15, 0.2) is 0 Å². The maximum atomic E-state index is 12.5. The molecule has 2 N–H and O–H groups in total. The maximum absolute atomic E-state index is 12.5. The number of rotatable bonds is 3. The van der Waals surface area contributed by atoms with Crippen LogP contribution in [0.5, 0.6) is 0 Å². The Labute approximate surface area is 97.0 Å². The fourth-order valence-electron chi connectivity index (χ4n) is 1.04. The van der Waals surface area contributed by atoms with Crippen molar-refractivity contribution in [3.63, 3.8) is 0 Å². The normalized spacial score (nSPS) is 10.7. The lowest BCUT2D eigenvalue weighted by Gasteiger charge is -2.06. The number of aromatic nitrogens is 1. The van der Waals surface area contributed by atoms with Crippen LogP contribution in [0.25, 0.3) is 0 Å². The third-order valence-corrected chi connectivity index (χ3v) is 2.61. The molecular formula is C7H6F2IN3O2. The van der Waals surface area contributed by atoms with E-state index in [1.54, 1.807) is 22.6 Å². The molecule has 0 saturated carbocycles. The number of nitrogens with two attached hydrogens (primary N) is 1. The molecule has 82 valence electrons. The summed E-state index contributed by atoms with van der Waals surface area (Å²) in [7, 11) is 0. The minimum absolute atomic E-state index is 0.122. The molecule has 0 amide bonds. The first-order valence-electron chi connectivity index (χ1n) is 3.79. The van der Waals surface area contributed by atoms with E-state index < -0.39 is 22.7 Å². The van der Waals surface area contributed by atoms with Crippen LogP contribution in [0, 0.1) is 13.8 Å². The van der Waals surface area contributed by atoms with E-state index in [4.69, 9.17) is 5.73 Å². The van der Waals surface area contributed by atoms with Gasteiger partial charge in [-0.25, -0.2) is 8.78 Å². The van der Waals surface area contributed by atoms with Crippen LogP contribution in [0.3, 0.4) is 0 Å². The van der Waals surface area contributed by atoms with Crippen LogP contribution in [0.15, 0.2) is 6.07 Å². The van der Waals surface area contributed by atoms with Gasteiger partial charge >= 0.3 is 5.82 Å². The number of hydrogen-bond acceptors (Lipinski definition) is 4. The molecule has 0 aliphatic carbocycles. The topological polar surface area (TPSA) is 82.0 Å². The molecule has 0 aliphatic heterocycles. The number of hydrogen-bond donors (Lipinski definition) is 1. The molecule has 8 heteroatoms. The average molecular weight is 329 g/mol. The van der Waals surface area contributed by atoms with Crippen molar-refractivity contribution in [1.29, 1.82) is 0 Å². The van der Waals surface area contributed by atoms with E-state index in [9.17, 15) is 18.9 Å². The Bertz CT molecular complexity index is 400. The molecule has 0 fully saturated rings. The average Bonchev–Trinajstić information content (AvgIpc) is 2.16. The Morgan fingerprint density at radius 2 is 2.27 bits per heavy atom. The van der Waals surface area contributed by atoms with E-state index in [0.29, 0.717) is 0 Å². The number of nitrogens with zero attached hydrogens (tertiary/aromatic N) is 2. The molecule has 0 bridgehead atoms. The number of halogens is 3. The van der Waals surface area contributed by atoms with Gasteiger partial charge in [0.1, 0.15) is 0 Å². The highest BCUT2D eigenvalue weighted by Gasteiger charge is 2.23. The monoisotopic (exact) mass is 329 g/mol. The van der Waals surface area contributed by atoms with Crippen molar-refractivity contribution in [3.05, 3.63) is 31.0 Å². The molecule has 0 atom stereocenters. The van der Waals surface area contributed by atoms with Crippen LogP contribution in [0.1, 0.15) is 17.6 Å². The zero-order valence-corrected chi connectivity index (χ0v) is 9.44. The molecule has 0 aliphatic rings. The first kappa shape index (κ1) is 12.2. The molecule has 15 heavy (non-hydrogen) atoms. The van der Waals surface area contributed by atoms with Gasteiger partial charge in [-0.15, -0.1) is 0 Å². The van der Waals surface area contributed by atoms with E-state index in [1.165, 1.54) is 0 Å². The van der Waals surface area contributed by atoms with Gasteiger partial charge in [0, 0.05) is 46.3 Å². The second-order valence-electron chi connectivity index (χ2n) is 2.60. The summed E-state index contributed by atoms with van der Waals surface area (Å²) < 4.78 is 25.2. The van der Waals surface area contributed by atoms with Crippen molar-refractivity contribution < 1.29 is 13.7 Å². The van der Waals surface area contributed by atoms with E-state index in [0.717, 1.165) is 6.07 Å². The van der Waals surface area contributed by atoms with Crippen LogP contribution >= 0.6 is 22.6 Å². The first-order chi connectivity index (χ1) is 6.97. The smallest absolute Gasteiger partial charge is 0.358 e. The van der Waals surface area contributed by atoms with Gasteiger partial charge in [0.05, 0.1) is 0 Å². The molecule has 0 unspecified atom stereocenters. The lowest BCUT2D eigenvalue weighted by molar-refractivity contribution is -0.389. The SMILES string of the molecule is NCc1c(C(F)F)cc([N+](=O)[O-])nc1I. The summed E-state index contributed by atoms with van der Waals surface area (Å²) in [5.74, 6) is -0.591. The molecule has 0 radical (unpaired) electrons. The summed E-state index contributed by atoms with van der Waals surface area (Å²) in [5.41, 5.74) is 4.99. The lowest BCUT2D eigenvalue weighted by atomic mass is 10.1. The van der Waals surface area contributed by atoms with Crippen LogP contribution in [0.4, 0.5) is 14.6 Å². The van der Waals surface area contributed by atoms with Gasteiger partial charge in [0.25, 0.3) is 6.43 Å². The highest BCUT2D eigenvalue weighted by molar-refractivity contribution is 14.1. The summed E-state index contributed by atoms with van der Waals surface area (Å²) in [5, 5.41) is 10.4. The Kier molecular flexibility index (Phi) is 3.85. The van der Waals surface area contributed by atoms with Gasteiger partial charge < -0.3 is 15.8 Å². The molecule has 1 aromatic heterocycles. The van der Waals surface area contributed by atoms with Crippen molar-refractivity contribution in [2.75, 3.05) is 0 Å². The molecule has 5 nitrogen and oxygen atoms in total. The zero-order chi connectivity index (χ0) is 11.6. The fourth-order valence-corrected chi connectivity index (χ4v) is 1.81. The van der Waals surface area contributed by atoms with Gasteiger partial charge in [-0.1, -0.05) is 0 Å². The highest BCUT2D eigenvalue weighted by atomic mass is 127. The van der Waals surface area contributed by atoms with Crippen LogP contribution in [-0.4, -0.2) is 9.91 Å². The van der Waals surface area contributed by atoms with Crippen LogP contribution in [0.2, 0.25) is 0 Å². The molecule has 0 aromatic carbocycles. The third-order valence-electron chi connectivity index (χ3n) is 1.72. The van der Waals surface area contributed by atoms with Crippen molar-refractivity contribution >= 4 is 28.4 Å². The lowest BCUT2D eigenvalue weighted by Crippen LogP contribution is -2.08. The first-order valence-corrected chi connectivity index (χ1v) is 4.87. The van der Waals surface area contributed by atoms with E-state index >= 15 is 0 Å². The molecule has 1 aromatic rings. The minimum Gasteiger partial charge on any atom is -0.358 e. The van der Waals surface area contributed by atoms with Crippen molar-refractivity contribution in [1.82, 2.24) is 4.98 Å². The van der Waals surface area contributed by atoms with Gasteiger partial charge in [-0.2, -0.15) is 0 Å². The Morgan fingerprint density at radius 3 is 2.67 bits per heavy atom. The third kappa shape index (κ3) is 2.56. The van der Waals surface area contributed by atoms with E-state index in [2.05, 4.69) is 4.98 Å². The summed E-state index contributed by atoms with van der Waals surface area (Å²) in [4.78, 5) is 13.1. The van der Waals surface area contributed by atoms with E-state index in [-0.39, 0.29) is 15.8 Å². The molecule has 0 spiro atoms. The fraction of sp³-hybridized carbons (Fsp3) is 0.286. The second-order valence-corrected chi connectivity index (χ2v) is 3.62. The van der Waals surface area contributed by atoms with Crippen molar-refractivity contribution in [3.8, 4) is 0 Å². The van der Waals surface area contributed by atoms with Crippen LogP contribution in [-0.2, 0) is 6.54 Å². The number of pyridine rings is 1. The second kappa shape index (κ2) is 4.75. The van der Waals surface area contributed by atoms with Crippen molar-refractivity contribution in [2.24, 2.45) is 5.73 Å². The predicted octanol–water partition coefficient (Wildman–Crippen LogP) is 1.99. The van der Waals surface area contributed by atoms with Gasteiger partial charge in [0.2, 0.25) is 3.70 Å². The predicted molar refractivity (Wildman–Crippen MR) is 56.5 cm³/mol. The van der Waals surface area contributed by atoms with Gasteiger partial charge in [-0.05, 0) is 9.91 Å².